The molecule has 0 bridgehead atoms. The summed E-state index contributed by atoms with van der Waals surface area (Å²) in [6, 6.07) is 9.33. The normalized spacial score (nSPS) is 15.1. The maximum absolute atomic E-state index is 12.3. The summed E-state index contributed by atoms with van der Waals surface area (Å²) in [5, 5.41) is 0.903. The summed E-state index contributed by atoms with van der Waals surface area (Å²) >= 11 is 1.57. The zero-order chi connectivity index (χ0) is 14.8. The van der Waals surface area contributed by atoms with Crippen LogP contribution in [-0.2, 0) is 0 Å². The number of carbonyl (C=O) groups is 1. The number of thioether (sulfide) groups is 1. The van der Waals surface area contributed by atoms with Gasteiger partial charge in [-0.15, -0.1) is 0 Å². The molecule has 0 amide bonds. The zero-order valence-electron chi connectivity index (χ0n) is 11.7. The molecule has 0 atom stereocenters. The number of fused-ring (bicyclic) bond motifs is 1. The van der Waals surface area contributed by atoms with Crippen molar-refractivity contribution in [2.24, 2.45) is 0 Å². The molecule has 21 heavy (non-hydrogen) atoms. The molecule has 106 valence electrons. The molecule has 1 aromatic heterocycles. The Kier molecular flexibility index (Phi) is 3.66. The van der Waals surface area contributed by atoms with Gasteiger partial charge in [0.05, 0.1) is 17.8 Å². The van der Waals surface area contributed by atoms with Crippen LogP contribution in [0.4, 0.5) is 5.69 Å². The van der Waals surface area contributed by atoms with Gasteiger partial charge in [0, 0.05) is 36.0 Å². The van der Waals surface area contributed by atoms with E-state index >= 15 is 0 Å². The van der Waals surface area contributed by atoms with Gasteiger partial charge in [0.2, 0.25) is 0 Å². The summed E-state index contributed by atoms with van der Waals surface area (Å²) in [5.74, 6) is 0.794. The Balaban J connectivity index is 1.88. The number of nitrogens with zero attached hydrogens (tertiary/aromatic N) is 2. The van der Waals surface area contributed by atoms with Crippen molar-refractivity contribution in [1.29, 1.82) is 0 Å². The van der Waals surface area contributed by atoms with Crippen LogP contribution in [0.15, 0.2) is 58.7 Å². The quantitative estimate of drug-likeness (QED) is 0.642. The van der Waals surface area contributed by atoms with Gasteiger partial charge < -0.3 is 9.64 Å². The first-order valence-electron chi connectivity index (χ1n) is 6.44. The Hall–Kier alpha value is -2.27. The van der Waals surface area contributed by atoms with Gasteiger partial charge >= 0.3 is 0 Å². The molecule has 5 heteroatoms. The van der Waals surface area contributed by atoms with Crippen molar-refractivity contribution in [2.75, 3.05) is 19.1 Å². The summed E-state index contributed by atoms with van der Waals surface area (Å²) in [4.78, 5) is 19.3. The molecule has 0 fully saturated rings. The van der Waals surface area contributed by atoms with E-state index in [1.54, 1.807) is 49.5 Å². The number of ether oxygens (including phenoxy) is 1. The predicted molar refractivity (Wildman–Crippen MR) is 83.9 cm³/mol. The van der Waals surface area contributed by atoms with Crippen LogP contribution in [0, 0.1) is 0 Å². The van der Waals surface area contributed by atoms with Crippen molar-refractivity contribution in [2.45, 2.75) is 4.90 Å². The smallest absolute Gasteiger partial charge is 0.188 e. The third kappa shape index (κ3) is 2.64. The van der Waals surface area contributed by atoms with Crippen molar-refractivity contribution in [3.63, 3.8) is 0 Å². The molecule has 0 saturated heterocycles. The molecule has 0 aliphatic carbocycles. The van der Waals surface area contributed by atoms with Crippen LogP contribution < -0.4 is 9.64 Å². The first kappa shape index (κ1) is 13.7. The maximum atomic E-state index is 12.3. The second kappa shape index (κ2) is 5.61. The van der Waals surface area contributed by atoms with Crippen LogP contribution in [0.5, 0.6) is 5.75 Å². The van der Waals surface area contributed by atoms with E-state index in [9.17, 15) is 4.79 Å². The lowest BCUT2D eigenvalue weighted by Crippen LogP contribution is -2.11. The Morgan fingerprint density at radius 2 is 2.05 bits per heavy atom. The second-order valence-electron chi connectivity index (χ2n) is 4.58. The number of benzene rings is 1. The SMILES string of the molecule is COc1ccc2c(c1)SC(=CC(=O)c1ccncc1)N2C. The molecule has 1 aliphatic heterocycles. The van der Waals surface area contributed by atoms with E-state index in [1.165, 1.54) is 0 Å². The lowest BCUT2D eigenvalue weighted by molar-refractivity contribution is 0.104. The monoisotopic (exact) mass is 298 g/mol. The zero-order valence-corrected chi connectivity index (χ0v) is 12.6. The van der Waals surface area contributed by atoms with E-state index in [2.05, 4.69) is 4.98 Å². The first-order chi connectivity index (χ1) is 10.2. The fourth-order valence-corrected chi connectivity index (χ4v) is 3.23. The maximum Gasteiger partial charge on any atom is 0.188 e. The summed E-state index contributed by atoms with van der Waals surface area (Å²) in [5.41, 5.74) is 1.72. The number of ketones is 1. The highest BCUT2D eigenvalue weighted by molar-refractivity contribution is 8.03. The fraction of sp³-hybridized carbons (Fsp3) is 0.125. The van der Waals surface area contributed by atoms with E-state index in [0.29, 0.717) is 5.56 Å². The molecule has 3 rings (SSSR count). The number of rotatable bonds is 3. The van der Waals surface area contributed by atoms with E-state index in [0.717, 1.165) is 21.4 Å². The molecule has 0 radical (unpaired) electrons. The van der Waals surface area contributed by atoms with Crippen LogP contribution in [0.1, 0.15) is 10.4 Å². The minimum atomic E-state index is -0.0217. The number of anilines is 1. The first-order valence-corrected chi connectivity index (χ1v) is 7.26. The van der Waals surface area contributed by atoms with Gasteiger partial charge in [0.15, 0.2) is 5.78 Å². The molecule has 0 saturated carbocycles. The summed E-state index contributed by atoms with van der Waals surface area (Å²) < 4.78 is 5.24. The van der Waals surface area contributed by atoms with Gasteiger partial charge in [0.25, 0.3) is 0 Å². The van der Waals surface area contributed by atoms with Gasteiger partial charge in [-0.05, 0) is 30.3 Å². The van der Waals surface area contributed by atoms with Crippen LogP contribution in [0.3, 0.4) is 0 Å². The van der Waals surface area contributed by atoms with Crippen LogP contribution in [-0.4, -0.2) is 24.9 Å². The highest BCUT2D eigenvalue weighted by atomic mass is 32.2. The number of pyridine rings is 1. The standard InChI is InChI=1S/C16H14N2O2S/c1-18-13-4-3-12(20-2)9-15(13)21-16(18)10-14(19)11-5-7-17-8-6-11/h3-10H,1-2H3. The molecule has 2 aromatic rings. The minimum Gasteiger partial charge on any atom is -0.497 e. The molecular weight excluding hydrogens is 284 g/mol. The van der Waals surface area contributed by atoms with Crippen molar-refractivity contribution in [1.82, 2.24) is 4.98 Å². The van der Waals surface area contributed by atoms with E-state index in [-0.39, 0.29) is 5.78 Å². The average molecular weight is 298 g/mol. The number of hydrogen-bond acceptors (Lipinski definition) is 5. The van der Waals surface area contributed by atoms with E-state index in [1.807, 2.05) is 30.1 Å². The lowest BCUT2D eigenvalue weighted by atomic mass is 10.2. The topological polar surface area (TPSA) is 42.4 Å². The van der Waals surface area contributed by atoms with Crippen LogP contribution in [0.25, 0.3) is 0 Å². The molecule has 0 N–H and O–H groups in total. The molecule has 1 aliphatic rings. The van der Waals surface area contributed by atoms with Gasteiger partial charge in [-0.3, -0.25) is 9.78 Å². The fourth-order valence-electron chi connectivity index (χ4n) is 2.12. The third-order valence-electron chi connectivity index (χ3n) is 3.29. The second-order valence-corrected chi connectivity index (χ2v) is 5.64. The van der Waals surface area contributed by atoms with Crippen molar-refractivity contribution >= 4 is 23.2 Å². The van der Waals surface area contributed by atoms with Gasteiger partial charge in [0.1, 0.15) is 5.75 Å². The Morgan fingerprint density at radius 3 is 2.76 bits per heavy atom. The molecule has 2 heterocycles. The van der Waals surface area contributed by atoms with Crippen LogP contribution >= 0.6 is 11.8 Å². The minimum absolute atomic E-state index is 0.0217. The number of hydrogen-bond donors (Lipinski definition) is 0. The largest absolute Gasteiger partial charge is 0.497 e. The van der Waals surface area contributed by atoms with Gasteiger partial charge in [-0.2, -0.15) is 0 Å². The Morgan fingerprint density at radius 1 is 1.29 bits per heavy atom. The predicted octanol–water partition coefficient (Wildman–Crippen LogP) is 3.36. The Bertz CT molecular complexity index is 713. The molecule has 4 nitrogen and oxygen atoms in total. The summed E-state index contributed by atoms with van der Waals surface area (Å²) in [6.45, 7) is 0. The number of allylic oxidation sites excluding steroid dienone is 1. The molecular formula is C16H14N2O2S. The summed E-state index contributed by atoms with van der Waals surface area (Å²) in [6.07, 6.45) is 4.90. The van der Waals surface area contributed by atoms with E-state index < -0.39 is 0 Å². The van der Waals surface area contributed by atoms with Crippen LogP contribution in [0.2, 0.25) is 0 Å². The highest BCUT2D eigenvalue weighted by Gasteiger charge is 2.23. The molecule has 0 spiro atoms. The third-order valence-corrected chi connectivity index (χ3v) is 4.44. The lowest BCUT2D eigenvalue weighted by Gasteiger charge is -2.13. The number of carbonyl (C=O) groups excluding carboxylic acids is 1. The van der Waals surface area contributed by atoms with Gasteiger partial charge in [-0.1, -0.05) is 11.8 Å². The average Bonchev–Trinajstić information content (AvgIpc) is 2.83. The van der Waals surface area contributed by atoms with E-state index in [4.69, 9.17) is 4.74 Å². The molecule has 1 aromatic carbocycles. The Labute approximate surface area is 127 Å². The van der Waals surface area contributed by atoms with Crippen molar-refractivity contribution in [3.8, 4) is 5.75 Å². The van der Waals surface area contributed by atoms with Crippen molar-refractivity contribution < 1.29 is 9.53 Å². The number of methoxy groups -OCH3 is 1. The molecule has 0 unspecified atom stereocenters. The summed E-state index contributed by atoms with van der Waals surface area (Å²) in [7, 11) is 3.60. The number of aromatic nitrogens is 1. The van der Waals surface area contributed by atoms with Crippen molar-refractivity contribution in [3.05, 3.63) is 59.4 Å². The van der Waals surface area contributed by atoms with Gasteiger partial charge in [-0.25, -0.2) is 0 Å². The highest BCUT2D eigenvalue weighted by Crippen LogP contribution is 2.46.